The van der Waals surface area contributed by atoms with Gasteiger partial charge in [0.15, 0.2) is 0 Å². The predicted molar refractivity (Wildman–Crippen MR) is 85.9 cm³/mol. The average molecular weight is 331 g/mol. The number of hydrogen-bond acceptors (Lipinski definition) is 4. The Kier molecular flexibility index (Phi) is 4.34. The number of rotatable bonds is 3. The van der Waals surface area contributed by atoms with E-state index in [4.69, 9.17) is 4.74 Å². The van der Waals surface area contributed by atoms with Crippen LogP contribution in [0, 0.1) is 5.82 Å². The van der Waals surface area contributed by atoms with E-state index in [1.54, 1.807) is 36.4 Å². The van der Waals surface area contributed by atoms with Crippen molar-refractivity contribution in [3.8, 4) is 0 Å². The van der Waals surface area contributed by atoms with Gasteiger partial charge in [-0.1, -0.05) is 18.2 Å². The predicted octanol–water partition coefficient (Wildman–Crippen LogP) is 3.62. The number of fused-ring (bicyclic) bond motifs is 1. The zero-order valence-corrected chi connectivity index (χ0v) is 13.2. The third-order valence-electron chi connectivity index (χ3n) is 3.46. The highest BCUT2D eigenvalue weighted by atomic mass is 32.2. The third kappa shape index (κ3) is 3.37. The van der Waals surface area contributed by atoms with Crippen LogP contribution in [-0.4, -0.2) is 17.1 Å². The van der Waals surface area contributed by atoms with Crippen molar-refractivity contribution >= 4 is 29.3 Å². The second-order valence-corrected chi connectivity index (χ2v) is 6.51. The molecule has 3 rings (SSSR count). The van der Waals surface area contributed by atoms with Gasteiger partial charge in [-0.05, 0) is 31.2 Å². The van der Waals surface area contributed by atoms with Gasteiger partial charge < -0.3 is 10.1 Å². The number of esters is 1. The molecule has 118 valence electrons. The number of halogens is 1. The largest absolute Gasteiger partial charge is 0.457 e. The maximum atomic E-state index is 13.5. The van der Waals surface area contributed by atoms with Crippen molar-refractivity contribution in [3.05, 3.63) is 59.4 Å². The minimum atomic E-state index is -0.561. The smallest absolute Gasteiger partial charge is 0.338 e. The highest BCUT2D eigenvalue weighted by molar-refractivity contribution is 8.00. The number of thioether (sulfide) groups is 1. The summed E-state index contributed by atoms with van der Waals surface area (Å²) in [5.74, 6) is -1.07. The summed E-state index contributed by atoms with van der Waals surface area (Å²) in [5.41, 5.74) is 1.23. The van der Waals surface area contributed by atoms with Gasteiger partial charge in [0.1, 0.15) is 12.4 Å². The molecule has 4 nitrogen and oxygen atoms in total. The normalized spacial score (nSPS) is 16.4. The molecule has 1 N–H and O–H groups in total. The maximum absolute atomic E-state index is 13.5. The fraction of sp³-hybridized carbons (Fsp3) is 0.176. The molecule has 0 bridgehead atoms. The molecule has 1 heterocycles. The van der Waals surface area contributed by atoms with E-state index in [0.717, 1.165) is 4.90 Å². The number of carbonyl (C=O) groups excluding carboxylic acids is 2. The molecule has 0 aliphatic carbocycles. The lowest BCUT2D eigenvalue weighted by molar-refractivity contribution is -0.115. The number of amides is 1. The molecule has 0 spiro atoms. The van der Waals surface area contributed by atoms with E-state index in [-0.39, 0.29) is 17.8 Å². The zero-order valence-electron chi connectivity index (χ0n) is 12.3. The SMILES string of the molecule is C[C@H]1Sc2ccc(C(=O)OCc3ccccc3F)cc2NC1=O. The number of nitrogens with one attached hydrogen (secondary N) is 1. The summed E-state index contributed by atoms with van der Waals surface area (Å²) in [6.45, 7) is 1.68. The lowest BCUT2D eigenvalue weighted by atomic mass is 10.2. The quantitative estimate of drug-likeness (QED) is 0.873. The van der Waals surface area contributed by atoms with E-state index in [9.17, 15) is 14.0 Å². The van der Waals surface area contributed by atoms with Gasteiger partial charge in [-0.3, -0.25) is 4.79 Å². The highest BCUT2D eigenvalue weighted by Crippen LogP contribution is 2.36. The van der Waals surface area contributed by atoms with Gasteiger partial charge in [-0.15, -0.1) is 11.8 Å². The molecule has 1 amide bonds. The fourth-order valence-electron chi connectivity index (χ4n) is 2.18. The second kappa shape index (κ2) is 6.42. The summed E-state index contributed by atoms with van der Waals surface area (Å²) in [6.07, 6.45) is 0. The molecule has 0 unspecified atom stereocenters. The first-order chi connectivity index (χ1) is 11.0. The van der Waals surface area contributed by atoms with Gasteiger partial charge >= 0.3 is 5.97 Å². The van der Waals surface area contributed by atoms with E-state index in [1.165, 1.54) is 17.8 Å². The lowest BCUT2D eigenvalue weighted by Crippen LogP contribution is -2.26. The molecule has 0 fully saturated rings. The summed E-state index contributed by atoms with van der Waals surface area (Å²) >= 11 is 1.44. The summed E-state index contributed by atoms with van der Waals surface area (Å²) in [7, 11) is 0. The van der Waals surface area contributed by atoms with E-state index in [0.29, 0.717) is 16.8 Å². The maximum Gasteiger partial charge on any atom is 0.338 e. The molecule has 1 aliphatic heterocycles. The molecule has 0 saturated carbocycles. The van der Waals surface area contributed by atoms with E-state index < -0.39 is 11.8 Å². The molecule has 23 heavy (non-hydrogen) atoms. The molecule has 1 aliphatic rings. The van der Waals surface area contributed by atoms with Crippen LogP contribution in [-0.2, 0) is 16.1 Å². The molecular weight excluding hydrogens is 317 g/mol. The summed E-state index contributed by atoms with van der Waals surface area (Å²) in [6, 6.07) is 11.1. The lowest BCUT2D eigenvalue weighted by Gasteiger charge is -2.21. The van der Waals surface area contributed by atoms with Gasteiger partial charge in [0, 0.05) is 10.5 Å². The highest BCUT2D eigenvalue weighted by Gasteiger charge is 2.24. The Morgan fingerprint density at radius 3 is 2.87 bits per heavy atom. The van der Waals surface area contributed by atoms with Crippen LogP contribution < -0.4 is 5.32 Å². The van der Waals surface area contributed by atoms with Crippen LogP contribution >= 0.6 is 11.8 Å². The first kappa shape index (κ1) is 15.6. The fourth-order valence-corrected chi connectivity index (χ4v) is 3.11. The average Bonchev–Trinajstić information content (AvgIpc) is 2.54. The van der Waals surface area contributed by atoms with Crippen LogP contribution in [0.3, 0.4) is 0 Å². The molecule has 0 radical (unpaired) electrons. The van der Waals surface area contributed by atoms with Crippen molar-refractivity contribution < 1.29 is 18.7 Å². The van der Waals surface area contributed by atoms with Crippen molar-refractivity contribution in [2.24, 2.45) is 0 Å². The molecule has 2 aromatic rings. The van der Waals surface area contributed by atoms with Gasteiger partial charge in [-0.25, -0.2) is 9.18 Å². The van der Waals surface area contributed by atoms with Crippen molar-refractivity contribution in [3.63, 3.8) is 0 Å². The standard InChI is InChI=1S/C17H14FNO3S/c1-10-16(20)19-14-8-11(6-7-15(14)23-10)17(21)22-9-12-4-2-3-5-13(12)18/h2-8,10H,9H2,1H3,(H,19,20)/t10-/m1/s1. The van der Waals surface area contributed by atoms with Crippen molar-refractivity contribution in [1.29, 1.82) is 0 Å². The molecule has 0 aromatic heterocycles. The van der Waals surface area contributed by atoms with Crippen LogP contribution in [0.5, 0.6) is 0 Å². The Balaban J connectivity index is 1.72. The summed E-state index contributed by atoms with van der Waals surface area (Å²) < 4.78 is 18.6. The Hall–Kier alpha value is -2.34. The minimum absolute atomic E-state index is 0.0978. The number of benzene rings is 2. The van der Waals surface area contributed by atoms with Crippen molar-refractivity contribution in [2.45, 2.75) is 23.7 Å². The van der Waals surface area contributed by atoms with E-state index >= 15 is 0 Å². The molecule has 0 saturated heterocycles. The molecule has 2 aromatic carbocycles. The van der Waals surface area contributed by atoms with Crippen molar-refractivity contribution in [1.82, 2.24) is 0 Å². The number of anilines is 1. The molecule has 1 atom stereocenters. The first-order valence-electron chi connectivity index (χ1n) is 7.06. The second-order valence-electron chi connectivity index (χ2n) is 5.13. The molecular formula is C17H14FNO3S. The Morgan fingerprint density at radius 1 is 1.30 bits per heavy atom. The Labute approximate surface area is 137 Å². The molecule has 6 heteroatoms. The van der Waals surface area contributed by atoms with Crippen LogP contribution in [0.1, 0.15) is 22.8 Å². The number of hydrogen-bond donors (Lipinski definition) is 1. The van der Waals surface area contributed by atoms with Gasteiger partial charge in [0.2, 0.25) is 5.91 Å². The van der Waals surface area contributed by atoms with Gasteiger partial charge in [0.25, 0.3) is 0 Å². The van der Waals surface area contributed by atoms with E-state index in [2.05, 4.69) is 5.32 Å². The number of ether oxygens (including phenoxy) is 1. The van der Waals surface area contributed by atoms with Crippen LogP contribution in [0.2, 0.25) is 0 Å². The monoisotopic (exact) mass is 331 g/mol. The minimum Gasteiger partial charge on any atom is -0.457 e. The van der Waals surface area contributed by atoms with E-state index in [1.807, 2.05) is 6.92 Å². The third-order valence-corrected chi connectivity index (χ3v) is 4.64. The Morgan fingerprint density at radius 2 is 2.09 bits per heavy atom. The van der Waals surface area contributed by atoms with Crippen LogP contribution in [0.15, 0.2) is 47.4 Å². The van der Waals surface area contributed by atoms with Crippen LogP contribution in [0.4, 0.5) is 10.1 Å². The zero-order chi connectivity index (χ0) is 16.4. The topological polar surface area (TPSA) is 55.4 Å². The Bertz CT molecular complexity index is 778. The van der Waals surface area contributed by atoms with Gasteiger partial charge in [-0.2, -0.15) is 0 Å². The van der Waals surface area contributed by atoms with Crippen molar-refractivity contribution in [2.75, 3.05) is 5.32 Å². The first-order valence-corrected chi connectivity index (χ1v) is 7.94. The number of carbonyl (C=O) groups is 2. The van der Waals surface area contributed by atoms with Crippen LogP contribution in [0.25, 0.3) is 0 Å². The van der Waals surface area contributed by atoms with Gasteiger partial charge in [0.05, 0.1) is 16.5 Å². The summed E-state index contributed by atoms with van der Waals surface area (Å²) in [5, 5.41) is 2.59. The summed E-state index contributed by atoms with van der Waals surface area (Å²) in [4.78, 5) is 24.7.